The number of piperidine rings is 1. The fraction of sp³-hybridized carbons (Fsp3) is 0.923. The highest BCUT2D eigenvalue weighted by Crippen LogP contribution is 2.22. The summed E-state index contributed by atoms with van der Waals surface area (Å²) in [6.07, 6.45) is 1.78. The molecule has 1 amide bonds. The number of hydrogen-bond acceptors (Lipinski definition) is 3. The van der Waals surface area contributed by atoms with E-state index in [2.05, 4.69) is 17.1 Å². The quantitative estimate of drug-likeness (QED) is 0.749. The van der Waals surface area contributed by atoms with Gasteiger partial charge in [-0.05, 0) is 45.2 Å². The van der Waals surface area contributed by atoms with Gasteiger partial charge in [-0.1, -0.05) is 6.92 Å². The summed E-state index contributed by atoms with van der Waals surface area (Å²) in [5.74, 6) is 1.48. The Morgan fingerprint density at radius 2 is 2.24 bits per heavy atom. The zero-order valence-corrected chi connectivity index (χ0v) is 11.4. The Hall–Kier alpha value is -0.610. The first-order valence-corrected chi connectivity index (χ1v) is 6.74. The van der Waals surface area contributed by atoms with E-state index in [1.165, 1.54) is 6.42 Å². The van der Waals surface area contributed by atoms with Gasteiger partial charge in [-0.25, -0.2) is 0 Å². The highest BCUT2D eigenvalue weighted by molar-refractivity contribution is 5.76. The first kappa shape index (κ1) is 14.5. The van der Waals surface area contributed by atoms with Gasteiger partial charge in [-0.3, -0.25) is 4.79 Å². The molecule has 2 atom stereocenters. The van der Waals surface area contributed by atoms with Crippen LogP contribution in [0.5, 0.6) is 0 Å². The molecule has 0 aliphatic carbocycles. The lowest BCUT2D eigenvalue weighted by Crippen LogP contribution is -2.43. The number of likely N-dealkylation sites (tertiary alicyclic amines) is 1. The van der Waals surface area contributed by atoms with Gasteiger partial charge in [0.15, 0.2) is 0 Å². The third kappa shape index (κ3) is 5.04. The van der Waals surface area contributed by atoms with Crippen molar-refractivity contribution in [2.75, 3.05) is 26.2 Å². The average Bonchev–Trinajstić information content (AvgIpc) is 2.25. The maximum atomic E-state index is 11.5. The highest BCUT2D eigenvalue weighted by atomic mass is 16.1. The molecule has 0 aromatic rings. The van der Waals surface area contributed by atoms with Crippen LogP contribution in [-0.4, -0.2) is 43.0 Å². The summed E-state index contributed by atoms with van der Waals surface area (Å²) in [6, 6.07) is 0.240. The van der Waals surface area contributed by atoms with E-state index in [0.29, 0.717) is 18.3 Å². The molecule has 4 heteroatoms. The third-order valence-corrected chi connectivity index (χ3v) is 3.57. The van der Waals surface area contributed by atoms with E-state index in [-0.39, 0.29) is 11.9 Å². The molecule has 0 saturated carbocycles. The Balaban J connectivity index is 2.23. The Labute approximate surface area is 105 Å². The fourth-order valence-electron chi connectivity index (χ4n) is 2.49. The SMILES string of the molecule is CC(C)NC(=O)CCN1CCC(CN)C(C)C1. The second-order valence-corrected chi connectivity index (χ2v) is 5.53. The molecule has 0 aromatic heterocycles. The minimum absolute atomic E-state index is 0.161. The van der Waals surface area contributed by atoms with Crippen molar-refractivity contribution in [3.63, 3.8) is 0 Å². The second-order valence-electron chi connectivity index (χ2n) is 5.53. The van der Waals surface area contributed by atoms with Crippen molar-refractivity contribution in [1.29, 1.82) is 0 Å². The Morgan fingerprint density at radius 1 is 1.53 bits per heavy atom. The van der Waals surface area contributed by atoms with Gasteiger partial charge < -0.3 is 16.0 Å². The van der Waals surface area contributed by atoms with Crippen molar-refractivity contribution < 1.29 is 4.79 Å². The Bertz CT molecular complexity index is 243. The third-order valence-electron chi connectivity index (χ3n) is 3.57. The second kappa shape index (κ2) is 6.97. The topological polar surface area (TPSA) is 58.4 Å². The van der Waals surface area contributed by atoms with Gasteiger partial charge in [-0.15, -0.1) is 0 Å². The molecule has 0 aromatic carbocycles. The molecule has 4 nitrogen and oxygen atoms in total. The van der Waals surface area contributed by atoms with E-state index < -0.39 is 0 Å². The number of carbonyl (C=O) groups excluding carboxylic acids is 1. The average molecular weight is 241 g/mol. The molecule has 1 aliphatic rings. The number of nitrogens with two attached hydrogens (primary N) is 1. The zero-order valence-electron chi connectivity index (χ0n) is 11.4. The summed E-state index contributed by atoms with van der Waals surface area (Å²) in [4.78, 5) is 13.9. The largest absolute Gasteiger partial charge is 0.354 e. The van der Waals surface area contributed by atoms with Gasteiger partial charge in [0.2, 0.25) is 5.91 Å². The summed E-state index contributed by atoms with van der Waals surface area (Å²) in [7, 11) is 0. The molecule has 1 saturated heterocycles. The number of hydrogen-bond donors (Lipinski definition) is 2. The van der Waals surface area contributed by atoms with Crippen molar-refractivity contribution in [3.05, 3.63) is 0 Å². The molecule has 0 bridgehead atoms. The van der Waals surface area contributed by atoms with Gasteiger partial charge in [0.05, 0.1) is 0 Å². The van der Waals surface area contributed by atoms with Crippen LogP contribution in [0, 0.1) is 11.8 Å². The normalized spacial score (nSPS) is 26.2. The summed E-state index contributed by atoms with van der Waals surface area (Å²) in [5, 5.41) is 2.93. The summed E-state index contributed by atoms with van der Waals surface area (Å²) < 4.78 is 0. The number of carbonyl (C=O) groups is 1. The summed E-state index contributed by atoms with van der Waals surface area (Å²) in [5.41, 5.74) is 5.73. The predicted octanol–water partition coefficient (Wildman–Crippen LogP) is 0.818. The first-order chi connectivity index (χ1) is 8.02. The van der Waals surface area contributed by atoms with Gasteiger partial charge in [0.25, 0.3) is 0 Å². The molecular formula is C13H27N3O. The lowest BCUT2D eigenvalue weighted by atomic mass is 9.87. The molecule has 3 N–H and O–H groups in total. The number of nitrogens with one attached hydrogen (secondary N) is 1. The van der Waals surface area contributed by atoms with Crippen LogP contribution in [0.25, 0.3) is 0 Å². The van der Waals surface area contributed by atoms with E-state index in [1.54, 1.807) is 0 Å². The van der Waals surface area contributed by atoms with Gasteiger partial charge >= 0.3 is 0 Å². The minimum atomic E-state index is 0.161. The number of rotatable bonds is 5. The van der Waals surface area contributed by atoms with E-state index in [0.717, 1.165) is 26.2 Å². The lowest BCUT2D eigenvalue weighted by Gasteiger charge is -2.36. The van der Waals surface area contributed by atoms with E-state index in [4.69, 9.17) is 5.73 Å². The molecule has 2 unspecified atom stereocenters. The Kier molecular flexibility index (Phi) is 5.92. The smallest absolute Gasteiger partial charge is 0.221 e. The van der Waals surface area contributed by atoms with Crippen LogP contribution in [0.1, 0.15) is 33.6 Å². The molecular weight excluding hydrogens is 214 g/mol. The molecule has 1 rings (SSSR count). The molecule has 100 valence electrons. The minimum Gasteiger partial charge on any atom is -0.354 e. The molecule has 17 heavy (non-hydrogen) atoms. The summed E-state index contributed by atoms with van der Waals surface area (Å²) in [6.45, 7) is 10.1. The molecule has 1 fully saturated rings. The van der Waals surface area contributed by atoms with Crippen molar-refractivity contribution in [2.24, 2.45) is 17.6 Å². The van der Waals surface area contributed by atoms with Gasteiger partial charge in [0.1, 0.15) is 0 Å². The van der Waals surface area contributed by atoms with Crippen molar-refractivity contribution in [3.8, 4) is 0 Å². The maximum absolute atomic E-state index is 11.5. The molecule has 0 radical (unpaired) electrons. The van der Waals surface area contributed by atoms with E-state index in [1.807, 2.05) is 13.8 Å². The van der Waals surface area contributed by atoms with Crippen LogP contribution in [0.2, 0.25) is 0 Å². The highest BCUT2D eigenvalue weighted by Gasteiger charge is 2.24. The standard InChI is InChI=1S/C13H27N3O/c1-10(2)15-13(17)5-7-16-6-4-12(8-14)11(3)9-16/h10-12H,4-9,14H2,1-3H3,(H,15,17). The summed E-state index contributed by atoms with van der Waals surface area (Å²) >= 11 is 0. The van der Waals surface area contributed by atoms with E-state index >= 15 is 0 Å². The van der Waals surface area contributed by atoms with Crippen molar-refractivity contribution in [2.45, 2.75) is 39.7 Å². The van der Waals surface area contributed by atoms with Crippen LogP contribution < -0.4 is 11.1 Å². The number of nitrogens with zero attached hydrogens (tertiary/aromatic N) is 1. The predicted molar refractivity (Wildman–Crippen MR) is 70.7 cm³/mol. The van der Waals surface area contributed by atoms with Crippen LogP contribution in [0.15, 0.2) is 0 Å². The number of amides is 1. The fourth-order valence-corrected chi connectivity index (χ4v) is 2.49. The van der Waals surface area contributed by atoms with Gasteiger partial charge in [0, 0.05) is 25.6 Å². The zero-order chi connectivity index (χ0) is 12.8. The maximum Gasteiger partial charge on any atom is 0.221 e. The van der Waals surface area contributed by atoms with Crippen molar-refractivity contribution >= 4 is 5.91 Å². The lowest BCUT2D eigenvalue weighted by molar-refractivity contribution is -0.122. The molecule has 1 heterocycles. The van der Waals surface area contributed by atoms with Gasteiger partial charge in [-0.2, -0.15) is 0 Å². The molecule has 0 spiro atoms. The van der Waals surface area contributed by atoms with Crippen LogP contribution >= 0.6 is 0 Å². The van der Waals surface area contributed by atoms with E-state index in [9.17, 15) is 4.79 Å². The first-order valence-electron chi connectivity index (χ1n) is 6.74. The Morgan fingerprint density at radius 3 is 2.76 bits per heavy atom. The van der Waals surface area contributed by atoms with Crippen molar-refractivity contribution in [1.82, 2.24) is 10.2 Å². The molecule has 1 aliphatic heterocycles. The van der Waals surface area contributed by atoms with Crippen LogP contribution in [0.3, 0.4) is 0 Å². The monoisotopic (exact) mass is 241 g/mol. The van der Waals surface area contributed by atoms with Crippen LogP contribution in [-0.2, 0) is 4.79 Å². The van der Waals surface area contributed by atoms with Crippen LogP contribution in [0.4, 0.5) is 0 Å².